The van der Waals surface area contributed by atoms with Gasteiger partial charge in [0.05, 0.1) is 23.1 Å². The molecule has 0 unspecified atom stereocenters. The largest absolute Gasteiger partial charge is 0.352 e. The lowest BCUT2D eigenvalue weighted by Crippen LogP contribution is -2.27. The summed E-state index contributed by atoms with van der Waals surface area (Å²) >= 11 is 1.46. The molecule has 182 valence electrons. The summed E-state index contributed by atoms with van der Waals surface area (Å²) in [5.74, 6) is -0.127. The fraction of sp³-hybridized carbons (Fsp3) is 0.214. The summed E-state index contributed by atoms with van der Waals surface area (Å²) in [4.78, 5) is 31.1. The van der Waals surface area contributed by atoms with Crippen molar-refractivity contribution in [3.63, 3.8) is 0 Å². The number of hydrogen-bond acceptors (Lipinski definition) is 5. The van der Waals surface area contributed by atoms with Gasteiger partial charge in [0.2, 0.25) is 5.91 Å². The first-order valence-corrected chi connectivity index (χ1v) is 12.7. The molecular weight excluding hydrogens is 470 g/mol. The van der Waals surface area contributed by atoms with Gasteiger partial charge in [-0.1, -0.05) is 48.0 Å². The van der Waals surface area contributed by atoms with Gasteiger partial charge >= 0.3 is 0 Å². The molecule has 2 aromatic carbocycles. The second-order valence-corrected chi connectivity index (χ2v) is 9.72. The van der Waals surface area contributed by atoms with Crippen molar-refractivity contribution >= 4 is 27.5 Å². The van der Waals surface area contributed by atoms with E-state index in [4.69, 9.17) is 0 Å². The number of thiophene rings is 1. The van der Waals surface area contributed by atoms with E-state index >= 15 is 0 Å². The highest BCUT2D eigenvalue weighted by Crippen LogP contribution is 2.30. The molecule has 0 aliphatic heterocycles. The lowest BCUT2D eigenvalue weighted by molar-refractivity contribution is -0.121. The zero-order valence-corrected chi connectivity index (χ0v) is 21.3. The van der Waals surface area contributed by atoms with Crippen molar-refractivity contribution in [2.45, 2.75) is 40.3 Å². The molecule has 0 bridgehead atoms. The number of nitrogens with zero attached hydrogens (tertiary/aromatic N) is 4. The van der Waals surface area contributed by atoms with Crippen LogP contribution < -0.4 is 10.9 Å². The van der Waals surface area contributed by atoms with Gasteiger partial charge in [0, 0.05) is 41.7 Å². The van der Waals surface area contributed by atoms with Crippen molar-refractivity contribution in [2.75, 3.05) is 0 Å². The number of aryl methyl sites for hydroxylation is 3. The summed E-state index contributed by atoms with van der Waals surface area (Å²) in [5, 5.41) is 10.2. The standard InChI is InChI=1S/C28H27N5O2S/c1-18-9-11-21(12-10-18)24-16-36-27-26(24)28(35)32(17-30-27)14-13-25(34)29-15-23-19(2)31-33(20(23)3)22-7-5-4-6-8-22/h4-12,16-17H,13-15H2,1-3H3,(H,29,34). The van der Waals surface area contributed by atoms with Gasteiger partial charge in [-0.25, -0.2) is 9.67 Å². The molecule has 0 saturated heterocycles. The average Bonchev–Trinajstić information content (AvgIpc) is 3.44. The number of carbonyl (C=O) groups excluding carboxylic acids is 1. The van der Waals surface area contributed by atoms with E-state index in [9.17, 15) is 9.59 Å². The first-order chi connectivity index (χ1) is 17.4. The Labute approximate surface area is 213 Å². The van der Waals surface area contributed by atoms with Gasteiger partial charge in [-0.05, 0) is 38.5 Å². The number of benzene rings is 2. The predicted octanol–water partition coefficient (Wildman–Crippen LogP) is 4.94. The molecular formula is C28H27N5O2S. The fourth-order valence-corrected chi connectivity index (χ4v) is 5.23. The molecule has 3 aromatic heterocycles. The van der Waals surface area contributed by atoms with Gasteiger partial charge in [-0.3, -0.25) is 14.2 Å². The van der Waals surface area contributed by atoms with Gasteiger partial charge in [0.1, 0.15) is 4.83 Å². The number of para-hydroxylation sites is 1. The number of carbonyl (C=O) groups is 1. The van der Waals surface area contributed by atoms with Gasteiger partial charge in [0.15, 0.2) is 0 Å². The number of amides is 1. The predicted molar refractivity (Wildman–Crippen MR) is 144 cm³/mol. The van der Waals surface area contributed by atoms with Crippen LogP contribution >= 0.6 is 11.3 Å². The molecule has 8 heteroatoms. The van der Waals surface area contributed by atoms with Crippen molar-refractivity contribution in [3.8, 4) is 16.8 Å². The molecule has 0 atom stereocenters. The van der Waals surface area contributed by atoms with Crippen molar-refractivity contribution in [1.82, 2.24) is 24.6 Å². The third-order valence-electron chi connectivity index (χ3n) is 6.41. The molecule has 1 N–H and O–H groups in total. The molecule has 0 aliphatic carbocycles. The number of hydrogen-bond donors (Lipinski definition) is 1. The summed E-state index contributed by atoms with van der Waals surface area (Å²) in [7, 11) is 0. The molecule has 0 saturated carbocycles. The first kappa shape index (κ1) is 23.7. The molecule has 5 aromatic rings. The summed E-state index contributed by atoms with van der Waals surface area (Å²) in [6.07, 6.45) is 1.72. The van der Waals surface area contributed by atoms with Crippen LogP contribution in [0.4, 0.5) is 0 Å². The van der Waals surface area contributed by atoms with E-state index in [0.29, 0.717) is 16.8 Å². The van der Waals surface area contributed by atoms with Crippen molar-refractivity contribution in [2.24, 2.45) is 0 Å². The summed E-state index contributed by atoms with van der Waals surface area (Å²) in [5.41, 5.74) is 6.76. The van der Waals surface area contributed by atoms with E-state index in [1.54, 1.807) is 0 Å². The zero-order chi connectivity index (χ0) is 25.2. The summed E-state index contributed by atoms with van der Waals surface area (Å²) < 4.78 is 3.42. The maximum absolute atomic E-state index is 13.3. The Morgan fingerprint density at radius 1 is 1.03 bits per heavy atom. The van der Waals surface area contributed by atoms with E-state index in [1.165, 1.54) is 22.2 Å². The lowest BCUT2D eigenvalue weighted by Gasteiger charge is -2.09. The van der Waals surface area contributed by atoms with Crippen LogP contribution in [0.15, 0.2) is 71.1 Å². The highest BCUT2D eigenvalue weighted by molar-refractivity contribution is 7.17. The van der Waals surface area contributed by atoms with E-state index < -0.39 is 0 Å². The van der Waals surface area contributed by atoms with E-state index in [0.717, 1.165) is 39.3 Å². The summed E-state index contributed by atoms with van der Waals surface area (Å²) in [6, 6.07) is 18.0. The third-order valence-corrected chi connectivity index (χ3v) is 7.29. The van der Waals surface area contributed by atoms with Crippen molar-refractivity contribution in [1.29, 1.82) is 0 Å². The second kappa shape index (κ2) is 9.91. The van der Waals surface area contributed by atoms with Crippen molar-refractivity contribution in [3.05, 3.63) is 99.2 Å². The van der Waals surface area contributed by atoms with Crippen LogP contribution in [0.2, 0.25) is 0 Å². The van der Waals surface area contributed by atoms with Crippen LogP contribution in [0.3, 0.4) is 0 Å². The SMILES string of the molecule is Cc1ccc(-c2csc3ncn(CCC(=O)NCc4c(C)nn(-c5ccccc5)c4C)c(=O)c23)cc1. The summed E-state index contributed by atoms with van der Waals surface area (Å²) in [6.45, 7) is 6.63. The minimum atomic E-state index is -0.127. The Hall–Kier alpha value is -4.04. The molecule has 1 amide bonds. The highest BCUT2D eigenvalue weighted by Gasteiger charge is 2.16. The number of rotatable bonds is 7. The molecule has 5 rings (SSSR count). The van der Waals surface area contributed by atoms with E-state index in [1.807, 2.05) is 85.4 Å². The van der Waals surface area contributed by atoms with E-state index in [2.05, 4.69) is 15.4 Å². The molecule has 0 aliphatic rings. The number of fused-ring (bicyclic) bond motifs is 1. The highest BCUT2D eigenvalue weighted by atomic mass is 32.1. The molecule has 0 fully saturated rings. The van der Waals surface area contributed by atoms with Crippen LogP contribution in [-0.4, -0.2) is 25.2 Å². The quantitative estimate of drug-likeness (QED) is 0.345. The second-order valence-electron chi connectivity index (χ2n) is 8.86. The Morgan fingerprint density at radius 3 is 2.53 bits per heavy atom. The molecule has 3 heterocycles. The first-order valence-electron chi connectivity index (χ1n) is 11.8. The normalized spacial score (nSPS) is 11.2. The van der Waals surface area contributed by atoms with Crippen LogP contribution in [0.1, 0.15) is 28.9 Å². The number of nitrogens with one attached hydrogen (secondary N) is 1. The molecule has 36 heavy (non-hydrogen) atoms. The van der Waals surface area contributed by atoms with E-state index in [-0.39, 0.29) is 24.4 Å². The lowest BCUT2D eigenvalue weighted by atomic mass is 10.1. The van der Waals surface area contributed by atoms with Gasteiger partial charge < -0.3 is 5.32 Å². The van der Waals surface area contributed by atoms with Crippen molar-refractivity contribution < 1.29 is 4.79 Å². The third kappa shape index (κ3) is 4.59. The monoisotopic (exact) mass is 497 g/mol. The zero-order valence-electron chi connectivity index (χ0n) is 20.5. The Balaban J connectivity index is 1.28. The smallest absolute Gasteiger partial charge is 0.262 e. The van der Waals surface area contributed by atoms with Gasteiger partial charge in [0.25, 0.3) is 5.56 Å². The Morgan fingerprint density at radius 2 is 1.78 bits per heavy atom. The minimum absolute atomic E-state index is 0.125. The number of aromatic nitrogens is 4. The fourth-order valence-electron chi connectivity index (χ4n) is 4.32. The van der Waals surface area contributed by atoms with Crippen LogP contribution in [0, 0.1) is 20.8 Å². The maximum Gasteiger partial charge on any atom is 0.262 e. The molecule has 0 spiro atoms. The topological polar surface area (TPSA) is 81.8 Å². The van der Waals surface area contributed by atoms with Crippen LogP contribution in [0.25, 0.3) is 27.0 Å². The average molecular weight is 498 g/mol. The maximum atomic E-state index is 13.3. The Kier molecular flexibility index (Phi) is 6.52. The van der Waals surface area contributed by atoms with Gasteiger partial charge in [-0.2, -0.15) is 5.10 Å². The molecule has 7 nitrogen and oxygen atoms in total. The molecule has 0 radical (unpaired) electrons. The minimum Gasteiger partial charge on any atom is -0.352 e. The van der Waals surface area contributed by atoms with Crippen LogP contribution in [0.5, 0.6) is 0 Å². The van der Waals surface area contributed by atoms with Gasteiger partial charge in [-0.15, -0.1) is 11.3 Å². The Bertz CT molecular complexity index is 1600. The van der Waals surface area contributed by atoms with Crippen LogP contribution in [-0.2, 0) is 17.9 Å².